The van der Waals surface area contributed by atoms with Gasteiger partial charge in [0.15, 0.2) is 11.5 Å². The van der Waals surface area contributed by atoms with E-state index < -0.39 is 17.6 Å². The van der Waals surface area contributed by atoms with Crippen molar-refractivity contribution in [3.05, 3.63) is 34.9 Å². The first kappa shape index (κ1) is 18.9. The van der Waals surface area contributed by atoms with Gasteiger partial charge in [0.2, 0.25) is 11.9 Å². The molecule has 2 aromatic heterocycles. The first-order chi connectivity index (χ1) is 13.8. The Bertz CT molecular complexity index is 1150. The zero-order chi connectivity index (χ0) is 20.9. The summed E-state index contributed by atoms with van der Waals surface area (Å²) in [5.41, 5.74) is 6.78. The maximum absolute atomic E-state index is 14.5. The largest absolute Gasteiger partial charge is 0.489 e. The van der Waals surface area contributed by atoms with Gasteiger partial charge in [-0.25, -0.2) is 9.37 Å². The quantitative estimate of drug-likeness (QED) is 0.682. The van der Waals surface area contributed by atoms with Crippen LogP contribution in [-0.4, -0.2) is 37.8 Å². The Kier molecular flexibility index (Phi) is 4.48. The van der Waals surface area contributed by atoms with Gasteiger partial charge in [0.25, 0.3) is 5.91 Å². The summed E-state index contributed by atoms with van der Waals surface area (Å²) >= 11 is 0. The van der Waals surface area contributed by atoms with Crippen molar-refractivity contribution < 1.29 is 18.7 Å². The SMILES string of the molecule is CC[C@H]1COc2cc(C(N)=O)cc3nc(NC(=O)c4c(F)c(C)nn4CC)n1c23. The van der Waals surface area contributed by atoms with Crippen molar-refractivity contribution in [2.24, 2.45) is 5.73 Å². The molecule has 1 atom stereocenters. The first-order valence-electron chi connectivity index (χ1n) is 9.38. The average Bonchev–Trinajstić information content (AvgIpc) is 3.20. The van der Waals surface area contributed by atoms with Gasteiger partial charge >= 0.3 is 0 Å². The van der Waals surface area contributed by atoms with Crippen LogP contribution < -0.4 is 15.8 Å². The molecular formula is C19H21FN6O3. The Morgan fingerprint density at radius 2 is 2.14 bits per heavy atom. The predicted octanol–water partition coefficient (Wildman–Crippen LogP) is 2.39. The summed E-state index contributed by atoms with van der Waals surface area (Å²) < 4.78 is 23.4. The maximum atomic E-state index is 14.5. The number of nitrogens with one attached hydrogen (secondary N) is 1. The third-order valence-corrected chi connectivity index (χ3v) is 5.10. The van der Waals surface area contributed by atoms with E-state index in [1.54, 1.807) is 19.1 Å². The van der Waals surface area contributed by atoms with Gasteiger partial charge in [-0.1, -0.05) is 6.92 Å². The number of benzene rings is 1. The van der Waals surface area contributed by atoms with Crippen molar-refractivity contribution in [2.45, 2.75) is 39.8 Å². The molecule has 2 amide bonds. The van der Waals surface area contributed by atoms with Gasteiger partial charge in [0.05, 0.1) is 17.3 Å². The molecule has 0 radical (unpaired) electrons. The zero-order valence-corrected chi connectivity index (χ0v) is 16.3. The molecule has 0 saturated carbocycles. The lowest BCUT2D eigenvalue weighted by atomic mass is 10.1. The van der Waals surface area contributed by atoms with E-state index >= 15 is 0 Å². The number of ether oxygens (including phenoxy) is 1. The summed E-state index contributed by atoms with van der Waals surface area (Å²) in [7, 11) is 0. The summed E-state index contributed by atoms with van der Waals surface area (Å²) in [4.78, 5) is 29.0. The van der Waals surface area contributed by atoms with Gasteiger partial charge in [-0.15, -0.1) is 0 Å². The van der Waals surface area contributed by atoms with E-state index in [1.165, 1.54) is 11.6 Å². The van der Waals surface area contributed by atoms with E-state index in [2.05, 4.69) is 15.4 Å². The van der Waals surface area contributed by atoms with E-state index in [0.29, 0.717) is 29.9 Å². The number of amides is 2. The Hall–Kier alpha value is -3.43. The van der Waals surface area contributed by atoms with Gasteiger partial charge in [0, 0.05) is 12.1 Å². The number of nitrogens with zero attached hydrogens (tertiary/aromatic N) is 4. The molecule has 0 fully saturated rings. The highest BCUT2D eigenvalue weighted by molar-refractivity contribution is 6.04. The number of primary amides is 1. The lowest BCUT2D eigenvalue weighted by Gasteiger charge is -2.26. The second-order valence-electron chi connectivity index (χ2n) is 6.90. The molecule has 10 heteroatoms. The number of aryl methyl sites for hydroxylation is 2. The molecule has 0 unspecified atom stereocenters. The molecule has 3 aromatic rings. The van der Waals surface area contributed by atoms with Crippen molar-refractivity contribution in [3.8, 4) is 5.75 Å². The summed E-state index contributed by atoms with van der Waals surface area (Å²) in [5.74, 6) is -1.19. The minimum atomic E-state index is -0.661. The number of anilines is 1. The molecule has 0 aliphatic carbocycles. The number of rotatable bonds is 5. The van der Waals surface area contributed by atoms with E-state index in [1.807, 2.05) is 11.5 Å². The number of carbonyl (C=O) groups excluding carboxylic acids is 2. The maximum Gasteiger partial charge on any atom is 0.279 e. The van der Waals surface area contributed by atoms with E-state index in [0.717, 1.165) is 6.42 Å². The Morgan fingerprint density at radius 1 is 1.38 bits per heavy atom. The Balaban J connectivity index is 1.84. The minimum absolute atomic E-state index is 0.0788. The molecule has 4 rings (SSSR count). The van der Waals surface area contributed by atoms with Crippen LogP contribution in [0.1, 0.15) is 52.9 Å². The number of nitrogens with two attached hydrogens (primary N) is 1. The monoisotopic (exact) mass is 400 g/mol. The van der Waals surface area contributed by atoms with Crippen molar-refractivity contribution in [3.63, 3.8) is 0 Å². The molecule has 0 bridgehead atoms. The van der Waals surface area contributed by atoms with Gasteiger partial charge in [-0.3, -0.25) is 19.6 Å². The van der Waals surface area contributed by atoms with Gasteiger partial charge < -0.3 is 15.0 Å². The van der Waals surface area contributed by atoms with Crippen LogP contribution in [0.2, 0.25) is 0 Å². The van der Waals surface area contributed by atoms with E-state index in [-0.39, 0.29) is 28.9 Å². The summed E-state index contributed by atoms with van der Waals surface area (Å²) in [6.07, 6.45) is 0.728. The summed E-state index contributed by atoms with van der Waals surface area (Å²) in [6, 6.07) is 3.04. The van der Waals surface area contributed by atoms with Gasteiger partial charge in [0.1, 0.15) is 17.9 Å². The summed E-state index contributed by atoms with van der Waals surface area (Å²) in [5, 5.41) is 6.76. The topological polar surface area (TPSA) is 117 Å². The van der Waals surface area contributed by atoms with Crippen molar-refractivity contribution in [2.75, 3.05) is 11.9 Å². The van der Waals surface area contributed by atoms with Crippen molar-refractivity contribution in [1.82, 2.24) is 19.3 Å². The van der Waals surface area contributed by atoms with Crippen molar-refractivity contribution >= 4 is 28.8 Å². The molecule has 0 saturated heterocycles. The van der Waals surface area contributed by atoms with Gasteiger partial charge in [-0.05, 0) is 32.4 Å². The normalized spacial score (nSPS) is 15.4. The molecule has 1 aliphatic rings. The molecule has 0 spiro atoms. The van der Waals surface area contributed by atoms with Crippen LogP contribution in [-0.2, 0) is 6.54 Å². The fraction of sp³-hybridized carbons (Fsp3) is 0.368. The molecule has 1 aromatic carbocycles. The number of carbonyl (C=O) groups is 2. The number of halogens is 1. The molecule has 9 nitrogen and oxygen atoms in total. The lowest BCUT2D eigenvalue weighted by molar-refractivity contribution is 0.0994. The van der Waals surface area contributed by atoms with E-state index in [9.17, 15) is 14.0 Å². The molecule has 1 aliphatic heterocycles. The average molecular weight is 400 g/mol. The zero-order valence-electron chi connectivity index (χ0n) is 16.3. The van der Waals surface area contributed by atoms with Crippen LogP contribution in [0.3, 0.4) is 0 Å². The van der Waals surface area contributed by atoms with Crippen LogP contribution in [0, 0.1) is 12.7 Å². The minimum Gasteiger partial charge on any atom is -0.489 e. The Labute approximate surface area is 165 Å². The van der Waals surface area contributed by atoms with Crippen LogP contribution in [0.5, 0.6) is 5.75 Å². The fourth-order valence-corrected chi connectivity index (χ4v) is 3.62. The van der Waals surface area contributed by atoms with Gasteiger partial charge in [-0.2, -0.15) is 5.10 Å². The second kappa shape index (κ2) is 6.87. The third-order valence-electron chi connectivity index (χ3n) is 5.10. The second-order valence-corrected chi connectivity index (χ2v) is 6.90. The molecule has 152 valence electrons. The third kappa shape index (κ3) is 2.91. The fourth-order valence-electron chi connectivity index (χ4n) is 3.62. The number of hydrogen-bond acceptors (Lipinski definition) is 5. The highest BCUT2D eigenvalue weighted by atomic mass is 19.1. The Morgan fingerprint density at radius 3 is 2.79 bits per heavy atom. The standard InChI is InChI=1S/C19H21FN6O3/c1-4-11-8-29-13-7-10(17(21)27)6-12-15(13)26(11)19(22-12)23-18(28)16-14(20)9(3)24-25(16)5-2/h6-7,11H,4-5,8H2,1-3H3,(H2,21,27)(H,22,23,28)/t11-/m0/s1. The molecular weight excluding hydrogens is 379 g/mol. The van der Waals surface area contributed by atoms with Crippen LogP contribution in [0.15, 0.2) is 12.1 Å². The number of hydrogen-bond donors (Lipinski definition) is 2. The molecule has 3 N–H and O–H groups in total. The number of aromatic nitrogens is 4. The number of imidazole rings is 1. The van der Waals surface area contributed by atoms with Crippen LogP contribution >= 0.6 is 0 Å². The van der Waals surface area contributed by atoms with Crippen LogP contribution in [0.4, 0.5) is 10.3 Å². The molecule has 29 heavy (non-hydrogen) atoms. The van der Waals surface area contributed by atoms with Crippen LogP contribution in [0.25, 0.3) is 11.0 Å². The lowest BCUT2D eigenvalue weighted by Crippen LogP contribution is -2.26. The summed E-state index contributed by atoms with van der Waals surface area (Å²) in [6.45, 7) is 5.97. The highest BCUT2D eigenvalue weighted by Gasteiger charge is 2.29. The van der Waals surface area contributed by atoms with Crippen molar-refractivity contribution in [1.29, 1.82) is 0 Å². The van der Waals surface area contributed by atoms with E-state index in [4.69, 9.17) is 10.5 Å². The smallest absolute Gasteiger partial charge is 0.279 e. The first-order valence-corrected chi connectivity index (χ1v) is 9.38. The molecule has 3 heterocycles. The predicted molar refractivity (Wildman–Crippen MR) is 104 cm³/mol. The highest BCUT2D eigenvalue weighted by Crippen LogP contribution is 2.38.